The number of rotatable bonds is 4. The minimum absolute atomic E-state index is 0.0689. The quantitative estimate of drug-likeness (QED) is 0.710. The topological polar surface area (TPSA) is 38.8 Å². The molecular formula is C22H21NO3. The largest absolute Gasteiger partial charge is 0.486 e. The van der Waals surface area contributed by atoms with Gasteiger partial charge in [-0.15, -0.1) is 0 Å². The Morgan fingerprint density at radius 1 is 0.923 bits per heavy atom. The molecule has 0 N–H and O–H groups in total. The number of ether oxygens (including phenoxy) is 2. The lowest BCUT2D eigenvalue weighted by molar-refractivity contribution is -0.117. The Balaban J connectivity index is 1.56. The van der Waals surface area contributed by atoms with E-state index in [0.717, 1.165) is 28.1 Å². The van der Waals surface area contributed by atoms with Crippen LogP contribution in [-0.4, -0.2) is 25.7 Å². The van der Waals surface area contributed by atoms with Gasteiger partial charge in [0.05, 0.1) is 6.42 Å². The van der Waals surface area contributed by atoms with Crippen molar-refractivity contribution in [3.63, 3.8) is 0 Å². The van der Waals surface area contributed by atoms with Crippen LogP contribution in [0.15, 0.2) is 60.7 Å². The minimum atomic E-state index is 0.0689. The van der Waals surface area contributed by atoms with E-state index >= 15 is 0 Å². The van der Waals surface area contributed by atoms with Gasteiger partial charge in [-0.25, -0.2) is 0 Å². The molecule has 0 unspecified atom stereocenters. The first-order chi connectivity index (χ1) is 12.7. The number of fused-ring (bicyclic) bond motifs is 2. The van der Waals surface area contributed by atoms with E-state index in [0.29, 0.717) is 26.2 Å². The first kappa shape index (κ1) is 16.5. The van der Waals surface area contributed by atoms with E-state index in [9.17, 15) is 4.79 Å². The molecule has 1 aliphatic heterocycles. The maximum Gasteiger partial charge on any atom is 0.231 e. The summed E-state index contributed by atoms with van der Waals surface area (Å²) in [5, 5.41) is 2.31. The number of carbonyl (C=O) groups excluding carboxylic acids is 1. The predicted molar refractivity (Wildman–Crippen MR) is 103 cm³/mol. The number of amides is 1. The first-order valence-corrected chi connectivity index (χ1v) is 8.92. The lowest BCUT2D eigenvalue weighted by atomic mass is 10.1. The fourth-order valence-corrected chi connectivity index (χ4v) is 3.32. The highest BCUT2D eigenvalue weighted by atomic mass is 16.6. The molecule has 26 heavy (non-hydrogen) atoms. The Morgan fingerprint density at radius 2 is 1.69 bits per heavy atom. The summed E-state index contributed by atoms with van der Waals surface area (Å²) in [4.78, 5) is 14.7. The van der Waals surface area contributed by atoms with Crippen LogP contribution >= 0.6 is 0 Å². The Labute approximate surface area is 153 Å². The molecule has 132 valence electrons. The van der Waals surface area contributed by atoms with Gasteiger partial charge in [-0.2, -0.15) is 0 Å². The fourth-order valence-electron chi connectivity index (χ4n) is 3.32. The van der Waals surface area contributed by atoms with Crippen molar-refractivity contribution in [2.24, 2.45) is 0 Å². The lowest BCUT2D eigenvalue weighted by Crippen LogP contribution is -2.32. The smallest absolute Gasteiger partial charge is 0.231 e. The maximum atomic E-state index is 12.9. The Hall–Kier alpha value is -3.01. The van der Waals surface area contributed by atoms with Crippen molar-refractivity contribution in [2.75, 3.05) is 24.7 Å². The SMILES string of the molecule is CCN(C(=O)Cc1ccc2c(c1)OCCO2)c1ccc2ccccc2c1. The molecule has 0 bridgehead atoms. The molecule has 0 aromatic heterocycles. The van der Waals surface area contributed by atoms with Gasteiger partial charge in [0, 0.05) is 12.2 Å². The molecule has 4 nitrogen and oxygen atoms in total. The van der Waals surface area contributed by atoms with E-state index in [1.807, 2.05) is 48.2 Å². The highest BCUT2D eigenvalue weighted by molar-refractivity contribution is 5.97. The van der Waals surface area contributed by atoms with Crippen molar-refractivity contribution < 1.29 is 14.3 Å². The molecule has 0 radical (unpaired) electrons. The van der Waals surface area contributed by atoms with Crippen molar-refractivity contribution in [3.05, 3.63) is 66.2 Å². The van der Waals surface area contributed by atoms with Gasteiger partial charge in [0.2, 0.25) is 5.91 Å². The van der Waals surface area contributed by atoms with E-state index in [2.05, 4.69) is 24.3 Å². The predicted octanol–water partition coefficient (Wildman–Crippen LogP) is 4.21. The van der Waals surface area contributed by atoms with Gasteiger partial charge in [0.1, 0.15) is 13.2 Å². The normalized spacial score (nSPS) is 12.8. The third kappa shape index (κ3) is 3.23. The van der Waals surface area contributed by atoms with Crippen molar-refractivity contribution in [1.82, 2.24) is 0 Å². The van der Waals surface area contributed by atoms with Crippen LogP contribution in [0.1, 0.15) is 12.5 Å². The Kier molecular flexibility index (Phi) is 4.48. The second kappa shape index (κ2) is 7.08. The molecule has 4 heteroatoms. The lowest BCUT2D eigenvalue weighted by Gasteiger charge is -2.22. The van der Waals surface area contributed by atoms with Crippen molar-refractivity contribution in [3.8, 4) is 11.5 Å². The molecule has 1 aliphatic rings. The summed E-state index contributed by atoms with van der Waals surface area (Å²) >= 11 is 0. The van der Waals surface area contributed by atoms with E-state index in [1.54, 1.807) is 0 Å². The molecule has 4 rings (SSSR count). The zero-order valence-corrected chi connectivity index (χ0v) is 14.8. The van der Waals surface area contributed by atoms with Crippen LogP contribution in [0.25, 0.3) is 10.8 Å². The minimum Gasteiger partial charge on any atom is -0.486 e. The van der Waals surface area contributed by atoms with Crippen LogP contribution in [0.3, 0.4) is 0 Å². The molecule has 0 saturated carbocycles. The fraction of sp³-hybridized carbons (Fsp3) is 0.227. The molecule has 0 saturated heterocycles. The van der Waals surface area contributed by atoms with Gasteiger partial charge in [-0.05, 0) is 47.5 Å². The molecule has 0 spiro atoms. The van der Waals surface area contributed by atoms with Gasteiger partial charge in [0.25, 0.3) is 0 Å². The van der Waals surface area contributed by atoms with Crippen LogP contribution in [0, 0.1) is 0 Å². The van der Waals surface area contributed by atoms with E-state index in [4.69, 9.17) is 9.47 Å². The van der Waals surface area contributed by atoms with Gasteiger partial charge in [-0.1, -0.05) is 36.4 Å². The average molecular weight is 347 g/mol. The maximum absolute atomic E-state index is 12.9. The highest BCUT2D eigenvalue weighted by Gasteiger charge is 2.17. The van der Waals surface area contributed by atoms with Crippen molar-refractivity contribution in [2.45, 2.75) is 13.3 Å². The summed E-state index contributed by atoms with van der Waals surface area (Å²) in [6, 6.07) is 20.0. The van der Waals surface area contributed by atoms with E-state index < -0.39 is 0 Å². The Bertz CT molecular complexity index is 951. The molecule has 0 atom stereocenters. The summed E-state index contributed by atoms with van der Waals surface area (Å²) < 4.78 is 11.2. The van der Waals surface area contributed by atoms with Crippen LogP contribution in [-0.2, 0) is 11.2 Å². The standard InChI is InChI=1S/C22H21NO3/c1-2-23(19-9-8-17-5-3-4-6-18(17)15-19)22(24)14-16-7-10-20-21(13-16)26-12-11-25-20/h3-10,13,15H,2,11-12,14H2,1H3. The number of carbonyl (C=O) groups is 1. The first-order valence-electron chi connectivity index (χ1n) is 8.92. The number of benzene rings is 3. The monoisotopic (exact) mass is 347 g/mol. The van der Waals surface area contributed by atoms with Crippen LogP contribution in [0.4, 0.5) is 5.69 Å². The summed E-state index contributed by atoms with van der Waals surface area (Å²) in [5.41, 5.74) is 1.85. The number of anilines is 1. The van der Waals surface area contributed by atoms with Gasteiger partial charge >= 0.3 is 0 Å². The molecule has 0 aliphatic carbocycles. The van der Waals surface area contributed by atoms with Gasteiger partial charge in [0.15, 0.2) is 11.5 Å². The average Bonchev–Trinajstić information content (AvgIpc) is 2.68. The third-order valence-electron chi connectivity index (χ3n) is 4.62. The Morgan fingerprint density at radius 3 is 2.50 bits per heavy atom. The van der Waals surface area contributed by atoms with Gasteiger partial charge < -0.3 is 14.4 Å². The van der Waals surface area contributed by atoms with Crippen LogP contribution in [0.5, 0.6) is 11.5 Å². The molecule has 3 aromatic carbocycles. The highest BCUT2D eigenvalue weighted by Crippen LogP contribution is 2.31. The molecule has 3 aromatic rings. The van der Waals surface area contributed by atoms with E-state index in [-0.39, 0.29) is 5.91 Å². The zero-order valence-electron chi connectivity index (χ0n) is 14.8. The summed E-state index contributed by atoms with van der Waals surface area (Å²) in [7, 11) is 0. The number of nitrogens with zero attached hydrogens (tertiary/aromatic N) is 1. The molecule has 1 heterocycles. The summed E-state index contributed by atoms with van der Waals surface area (Å²) in [5.74, 6) is 1.53. The number of hydrogen-bond donors (Lipinski definition) is 0. The van der Waals surface area contributed by atoms with E-state index in [1.165, 1.54) is 5.39 Å². The third-order valence-corrected chi connectivity index (χ3v) is 4.62. The second-order valence-electron chi connectivity index (χ2n) is 6.32. The molecular weight excluding hydrogens is 326 g/mol. The zero-order chi connectivity index (χ0) is 17.9. The number of hydrogen-bond acceptors (Lipinski definition) is 3. The van der Waals surface area contributed by atoms with Crippen molar-refractivity contribution >= 4 is 22.4 Å². The molecule has 0 fully saturated rings. The summed E-state index contributed by atoms with van der Waals surface area (Å²) in [6.45, 7) is 3.73. The second-order valence-corrected chi connectivity index (χ2v) is 6.32. The van der Waals surface area contributed by atoms with Crippen molar-refractivity contribution in [1.29, 1.82) is 0 Å². The van der Waals surface area contributed by atoms with Crippen LogP contribution < -0.4 is 14.4 Å². The van der Waals surface area contributed by atoms with Gasteiger partial charge in [-0.3, -0.25) is 4.79 Å². The summed E-state index contributed by atoms with van der Waals surface area (Å²) in [6.07, 6.45) is 0.331. The van der Waals surface area contributed by atoms with Crippen LogP contribution in [0.2, 0.25) is 0 Å². The molecule has 1 amide bonds. The number of likely N-dealkylation sites (N-methyl/N-ethyl adjacent to an activating group) is 1.